The molecule has 1 rings (SSSR count). The van der Waals surface area contributed by atoms with E-state index >= 15 is 0 Å². The summed E-state index contributed by atoms with van der Waals surface area (Å²) in [5, 5.41) is 0. The molecule has 0 saturated heterocycles. The number of aromatic nitrogens is 1. The average molecular weight is 283 g/mol. The number of hydrogen-bond donors (Lipinski definition) is 0. The maximum Gasteiger partial charge on any atom is 0.301 e. The molecule has 0 saturated carbocycles. The van der Waals surface area contributed by atoms with E-state index in [9.17, 15) is 18.0 Å². The lowest BCUT2D eigenvalue weighted by molar-refractivity contribution is 0.112. The van der Waals surface area contributed by atoms with Gasteiger partial charge >= 0.3 is 6.08 Å². The third-order valence-corrected chi connectivity index (χ3v) is 3.76. The molecule has 0 bridgehead atoms. The van der Waals surface area contributed by atoms with Gasteiger partial charge in [-0.3, -0.25) is 4.79 Å². The maximum atomic E-state index is 12.5. The van der Waals surface area contributed by atoms with Crippen molar-refractivity contribution in [2.24, 2.45) is 0 Å². The molecule has 0 unspecified atom stereocenters. The van der Waals surface area contributed by atoms with Crippen LogP contribution in [0.3, 0.4) is 0 Å². The standard InChI is InChI=1S/C9H8F3NO2S2/c1-15-8-6(4-14)17-9(13-8)16-3-2-5(10)7(11)12/h4H,2-3H2,1H3. The van der Waals surface area contributed by atoms with Gasteiger partial charge in [0.05, 0.1) is 7.11 Å². The summed E-state index contributed by atoms with van der Waals surface area (Å²) in [5.41, 5.74) is 0. The summed E-state index contributed by atoms with van der Waals surface area (Å²) in [6, 6.07) is 0. The smallest absolute Gasteiger partial charge is 0.301 e. The van der Waals surface area contributed by atoms with Gasteiger partial charge in [0.15, 0.2) is 16.5 Å². The molecular formula is C9H8F3NO2S2. The predicted molar refractivity (Wildman–Crippen MR) is 59.7 cm³/mol. The molecule has 3 nitrogen and oxygen atoms in total. The fraction of sp³-hybridized carbons (Fsp3) is 0.333. The van der Waals surface area contributed by atoms with E-state index in [0.29, 0.717) is 15.5 Å². The van der Waals surface area contributed by atoms with E-state index in [1.54, 1.807) is 0 Å². The van der Waals surface area contributed by atoms with Gasteiger partial charge in [-0.2, -0.15) is 13.8 Å². The van der Waals surface area contributed by atoms with Gasteiger partial charge in [-0.1, -0.05) is 11.8 Å². The molecule has 1 heterocycles. The van der Waals surface area contributed by atoms with Crippen LogP contribution in [0.2, 0.25) is 0 Å². The minimum Gasteiger partial charge on any atom is -0.480 e. The van der Waals surface area contributed by atoms with Crippen molar-refractivity contribution < 1.29 is 22.7 Å². The lowest BCUT2D eigenvalue weighted by Crippen LogP contribution is -1.86. The lowest BCUT2D eigenvalue weighted by atomic mass is 10.4. The lowest BCUT2D eigenvalue weighted by Gasteiger charge is -1.95. The van der Waals surface area contributed by atoms with Gasteiger partial charge in [-0.25, -0.2) is 4.39 Å². The monoisotopic (exact) mass is 283 g/mol. The Morgan fingerprint density at radius 2 is 2.24 bits per heavy atom. The predicted octanol–water partition coefficient (Wildman–Crippen LogP) is 3.52. The third-order valence-electron chi connectivity index (χ3n) is 1.65. The minimum atomic E-state index is -2.30. The molecule has 0 aromatic carbocycles. The number of methoxy groups -OCH3 is 1. The molecule has 17 heavy (non-hydrogen) atoms. The Morgan fingerprint density at radius 1 is 1.53 bits per heavy atom. The first-order chi connectivity index (χ1) is 8.08. The van der Waals surface area contributed by atoms with E-state index in [0.717, 1.165) is 23.1 Å². The van der Waals surface area contributed by atoms with Crippen molar-refractivity contribution in [3.05, 3.63) is 16.8 Å². The van der Waals surface area contributed by atoms with Crippen LogP contribution >= 0.6 is 23.1 Å². The number of carbonyl (C=O) groups excluding carboxylic acids is 1. The highest BCUT2D eigenvalue weighted by molar-refractivity contribution is 8.01. The van der Waals surface area contributed by atoms with Crippen LogP contribution in [-0.4, -0.2) is 24.1 Å². The quantitative estimate of drug-likeness (QED) is 0.591. The topological polar surface area (TPSA) is 39.2 Å². The van der Waals surface area contributed by atoms with Crippen molar-refractivity contribution in [3.8, 4) is 5.88 Å². The van der Waals surface area contributed by atoms with Crippen molar-refractivity contribution in [1.82, 2.24) is 4.98 Å². The summed E-state index contributed by atoms with van der Waals surface area (Å²) in [7, 11) is 1.37. The number of thioether (sulfide) groups is 1. The Bertz CT molecular complexity index is 430. The van der Waals surface area contributed by atoms with Gasteiger partial charge in [0, 0.05) is 12.2 Å². The SMILES string of the molecule is COc1nc(SCCC(F)=C(F)F)sc1C=O. The Hall–Kier alpha value is -1.02. The molecule has 94 valence electrons. The van der Waals surface area contributed by atoms with E-state index in [-0.39, 0.29) is 18.1 Å². The van der Waals surface area contributed by atoms with E-state index in [4.69, 9.17) is 4.74 Å². The van der Waals surface area contributed by atoms with Gasteiger partial charge in [-0.15, -0.1) is 11.3 Å². The van der Waals surface area contributed by atoms with Crippen molar-refractivity contribution in [1.29, 1.82) is 0 Å². The molecule has 0 aliphatic carbocycles. The number of carbonyl (C=O) groups is 1. The van der Waals surface area contributed by atoms with Crippen molar-refractivity contribution in [2.75, 3.05) is 12.9 Å². The number of aldehydes is 1. The van der Waals surface area contributed by atoms with Gasteiger partial charge in [-0.05, 0) is 0 Å². The van der Waals surface area contributed by atoms with Gasteiger partial charge < -0.3 is 4.74 Å². The molecule has 0 amide bonds. The molecule has 1 aromatic heterocycles. The normalized spacial score (nSPS) is 10.1. The number of thiazole rings is 1. The summed E-state index contributed by atoms with van der Waals surface area (Å²) >= 11 is 2.17. The van der Waals surface area contributed by atoms with Crippen LogP contribution in [0.15, 0.2) is 16.2 Å². The first-order valence-corrected chi connectivity index (χ1v) is 6.21. The fourth-order valence-electron chi connectivity index (χ4n) is 0.903. The van der Waals surface area contributed by atoms with E-state index in [1.807, 2.05) is 0 Å². The molecule has 0 atom stereocenters. The third kappa shape index (κ3) is 4.04. The number of hydrogen-bond acceptors (Lipinski definition) is 5. The summed E-state index contributed by atoms with van der Waals surface area (Å²) in [6.07, 6.45) is -2.07. The molecule has 0 N–H and O–H groups in total. The molecule has 0 fully saturated rings. The molecule has 1 aromatic rings. The van der Waals surface area contributed by atoms with Crippen LogP contribution in [0.1, 0.15) is 16.1 Å². The number of ether oxygens (including phenoxy) is 1. The highest BCUT2D eigenvalue weighted by atomic mass is 32.2. The van der Waals surface area contributed by atoms with Crippen LogP contribution in [0.4, 0.5) is 13.2 Å². The highest BCUT2D eigenvalue weighted by Gasteiger charge is 2.12. The molecule has 0 spiro atoms. The maximum absolute atomic E-state index is 12.5. The second kappa shape index (κ2) is 6.65. The average Bonchev–Trinajstić information content (AvgIpc) is 2.71. The first kappa shape index (κ1) is 14.0. The number of allylic oxidation sites excluding steroid dienone is 1. The zero-order chi connectivity index (χ0) is 12.8. The molecule has 8 heteroatoms. The highest BCUT2D eigenvalue weighted by Crippen LogP contribution is 2.31. The Labute approximate surface area is 104 Å². The second-order valence-electron chi connectivity index (χ2n) is 2.73. The largest absolute Gasteiger partial charge is 0.480 e. The van der Waals surface area contributed by atoms with Gasteiger partial charge in [0.25, 0.3) is 0 Å². The summed E-state index contributed by atoms with van der Waals surface area (Å²) < 4.78 is 41.3. The minimum absolute atomic E-state index is 0.123. The first-order valence-electron chi connectivity index (χ1n) is 4.41. The summed E-state index contributed by atoms with van der Waals surface area (Å²) in [6.45, 7) is 0. The van der Waals surface area contributed by atoms with Gasteiger partial charge in [0.1, 0.15) is 4.88 Å². The zero-order valence-electron chi connectivity index (χ0n) is 8.71. The van der Waals surface area contributed by atoms with Crippen LogP contribution < -0.4 is 4.74 Å². The van der Waals surface area contributed by atoms with Crippen molar-refractivity contribution in [3.63, 3.8) is 0 Å². The van der Waals surface area contributed by atoms with Gasteiger partial charge in [0.2, 0.25) is 5.88 Å². The van der Waals surface area contributed by atoms with Crippen molar-refractivity contribution >= 4 is 29.4 Å². The van der Waals surface area contributed by atoms with E-state index in [1.165, 1.54) is 7.11 Å². The fourth-order valence-corrected chi connectivity index (χ4v) is 2.84. The van der Waals surface area contributed by atoms with E-state index < -0.39 is 11.9 Å². The Kier molecular flexibility index (Phi) is 5.49. The van der Waals surface area contributed by atoms with Crippen LogP contribution in [0.25, 0.3) is 0 Å². The number of halogens is 3. The molecule has 0 radical (unpaired) electrons. The zero-order valence-corrected chi connectivity index (χ0v) is 10.3. The Morgan fingerprint density at radius 3 is 2.71 bits per heavy atom. The van der Waals surface area contributed by atoms with Crippen LogP contribution in [-0.2, 0) is 0 Å². The number of nitrogens with zero attached hydrogens (tertiary/aromatic N) is 1. The summed E-state index contributed by atoms with van der Waals surface area (Å²) in [5.74, 6) is -1.10. The molecule has 0 aliphatic heterocycles. The molecule has 0 aliphatic rings. The molecular weight excluding hydrogens is 275 g/mol. The van der Waals surface area contributed by atoms with E-state index in [2.05, 4.69) is 4.98 Å². The van der Waals surface area contributed by atoms with Crippen LogP contribution in [0, 0.1) is 0 Å². The number of rotatable bonds is 6. The summed E-state index contributed by atoms with van der Waals surface area (Å²) in [4.78, 5) is 14.9. The van der Waals surface area contributed by atoms with Crippen molar-refractivity contribution in [2.45, 2.75) is 10.8 Å². The van der Waals surface area contributed by atoms with Crippen LogP contribution in [0.5, 0.6) is 5.88 Å². The Balaban J connectivity index is 2.55. The second-order valence-corrected chi connectivity index (χ2v) is 5.11.